The lowest BCUT2D eigenvalue weighted by molar-refractivity contribution is -0.133. The second-order valence-corrected chi connectivity index (χ2v) is 7.02. The van der Waals surface area contributed by atoms with Gasteiger partial charge in [0.15, 0.2) is 0 Å². The molecule has 1 unspecified atom stereocenters. The van der Waals surface area contributed by atoms with Gasteiger partial charge in [-0.15, -0.1) is 0 Å². The molecule has 2 fully saturated rings. The molecule has 0 bridgehead atoms. The van der Waals surface area contributed by atoms with E-state index in [4.69, 9.17) is 0 Å². The minimum absolute atomic E-state index is 0.0288. The summed E-state index contributed by atoms with van der Waals surface area (Å²) in [4.78, 5) is 27.9. The number of hydrogen-bond acceptors (Lipinski definition) is 3. The Balaban J connectivity index is 1.60. The Kier molecular flexibility index (Phi) is 7.15. The Morgan fingerprint density at radius 1 is 1.09 bits per heavy atom. The molecule has 2 rings (SSSR count). The summed E-state index contributed by atoms with van der Waals surface area (Å²) in [6.07, 6.45) is 8.87. The van der Waals surface area contributed by atoms with Crippen LogP contribution in [0.15, 0.2) is 0 Å². The molecule has 6 heteroatoms. The van der Waals surface area contributed by atoms with Crippen molar-refractivity contribution in [2.24, 2.45) is 0 Å². The molecule has 0 aromatic heterocycles. The number of hydrogen-bond donors (Lipinski definition) is 2. The van der Waals surface area contributed by atoms with Gasteiger partial charge in [0.25, 0.3) is 0 Å². The van der Waals surface area contributed by atoms with E-state index in [1.165, 1.54) is 19.3 Å². The molecule has 3 amide bonds. The molecule has 2 aliphatic rings. The minimum atomic E-state index is -0.0424. The third kappa shape index (κ3) is 5.68. The standard InChI is InChI=1S/C17H32N4O2/c1-20(2)16(22)15-10-6-12-21(15)13-7-11-18-17(23)19-14-8-4-3-5-9-14/h14-15H,3-13H2,1-2H3,(H2,18,19,23). The normalized spacial score (nSPS) is 22.8. The van der Waals surface area contributed by atoms with E-state index in [0.717, 1.165) is 45.2 Å². The quantitative estimate of drug-likeness (QED) is 0.729. The van der Waals surface area contributed by atoms with E-state index in [0.29, 0.717) is 12.6 Å². The Hall–Kier alpha value is -1.30. The summed E-state index contributed by atoms with van der Waals surface area (Å²) in [5, 5.41) is 6.01. The van der Waals surface area contributed by atoms with Gasteiger partial charge in [0.2, 0.25) is 5.91 Å². The summed E-state index contributed by atoms with van der Waals surface area (Å²) in [7, 11) is 3.63. The van der Waals surface area contributed by atoms with Crippen molar-refractivity contribution in [2.75, 3.05) is 33.7 Å². The van der Waals surface area contributed by atoms with Crippen LogP contribution in [-0.2, 0) is 4.79 Å². The number of carbonyl (C=O) groups is 2. The average Bonchev–Trinajstić information content (AvgIpc) is 3.00. The SMILES string of the molecule is CN(C)C(=O)C1CCCN1CCCNC(=O)NC1CCCCC1. The van der Waals surface area contributed by atoms with Crippen molar-refractivity contribution >= 4 is 11.9 Å². The number of urea groups is 1. The van der Waals surface area contributed by atoms with Gasteiger partial charge >= 0.3 is 6.03 Å². The van der Waals surface area contributed by atoms with Crippen LogP contribution in [0.1, 0.15) is 51.4 Å². The zero-order valence-electron chi connectivity index (χ0n) is 14.6. The van der Waals surface area contributed by atoms with E-state index < -0.39 is 0 Å². The molecule has 132 valence electrons. The summed E-state index contributed by atoms with van der Waals surface area (Å²) >= 11 is 0. The van der Waals surface area contributed by atoms with Crippen molar-refractivity contribution in [1.29, 1.82) is 0 Å². The van der Waals surface area contributed by atoms with Crippen molar-refractivity contribution in [3.63, 3.8) is 0 Å². The van der Waals surface area contributed by atoms with Gasteiger partial charge in [-0.2, -0.15) is 0 Å². The highest BCUT2D eigenvalue weighted by Crippen LogP contribution is 2.19. The molecule has 0 spiro atoms. The molecule has 1 saturated carbocycles. The first-order valence-corrected chi connectivity index (χ1v) is 9.07. The second kappa shape index (κ2) is 9.11. The Labute approximate surface area is 140 Å². The first-order chi connectivity index (χ1) is 11.1. The zero-order chi connectivity index (χ0) is 16.7. The van der Waals surface area contributed by atoms with Gasteiger partial charge in [0, 0.05) is 33.2 Å². The number of amides is 3. The van der Waals surface area contributed by atoms with Crippen LogP contribution in [0.3, 0.4) is 0 Å². The molecule has 1 aliphatic heterocycles. The smallest absolute Gasteiger partial charge is 0.315 e. The van der Waals surface area contributed by atoms with Crippen LogP contribution in [0.4, 0.5) is 4.79 Å². The fourth-order valence-electron chi connectivity index (χ4n) is 3.64. The van der Waals surface area contributed by atoms with E-state index in [9.17, 15) is 9.59 Å². The lowest BCUT2D eigenvalue weighted by Gasteiger charge is -2.26. The summed E-state index contributed by atoms with van der Waals surface area (Å²) in [6, 6.07) is 0.338. The fraction of sp³-hybridized carbons (Fsp3) is 0.882. The van der Waals surface area contributed by atoms with Crippen molar-refractivity contribution in [1.82, 2.24) is 20.4 Å². The number of carbonyl (C=O) groups excluding carboxylic acids is 2. The summed E-state index contributed by atoms with van der Waals surface area (Å²) in [6.45, 7) is 2.52. The van der Waals surface area contributed by atoms with Crippen molar-refractivity contribution in [3.8, 4) is 0 Å². The maximum absolute atomic E-state index is 12.1. The molecular formula is C17H32N4O2. The van der Waals surface area contributed by atoms with Crippen molar-refractivity contribution in [3.05, 3.63) is 0 Å². The molecule has 23 heavy (non-hydrogen) atoms. The number of rotatable bonds is 6. The highest BCUT2D eigenvalue weighted by molar-refractivity contribution is 5.81. The molecule has 0 aromatic carbocycles. The zero-order valence-corrected chi connectivity index (χ0v) is 14.6. The maximum atomic E-state index is 12.1. The molecule has 2 N–H and O–H groups in total. The Morgan fingerprint density at radius 2 is 1.83 bits per heavy atom. The van der Waals surface area contributed by atoms with Gasteiger partial charge in [-0.3, -0.25) is 9.69 Å². The van der Waals surface area contributed by atoms with Crippen LogP contribution in [0, 0.1) is 0 Å². The minimum Gasteiger partial charge on any atom is -0.347 e. The van der Waals surface area contributed by atoms with E-state index in [2.05, 4.69) is 15.5 Å². The number of likely N-dealkylation sites (N-methyl/N-ethyl adjacent to an activating group) is 1. The van der Waals surface area contributed by atoms with E-state index >= 15 is 0 Å². The summed E-state index contributed by atoms with van der Waals surface area (Å²) < 4.78 is 0. The van der Waals surface area contributed by atoms with E-state index in [-0.39, 0.29) is 18.0 Å². The van der Waals surface area contributed by atoms with Crippen LogP contribution >= 0.6 is 0 Å². The predicted molar refractivity (Wildman–Crippen MR) is 91.3 cm³/mol. The third-order valence-electron chi connectivity index (χ3n) is 4.94. The van der Waals surface area contributed by atoms with Crippen LogP contribution < -0.4 is 10.6 Å². The third-order valence-corrected chi connectivity index (χ3v) is 4.94. The van der Waals surface area contributed by atoms with Crippen LogP contribution in [0.25, 0.3) is 0 Å². The van der Waals surface area contributed by atoms with Crippen LogP contribution in [0.2, 0.25) is 0 Å². The van der Waals surface area contributed by atoms with Gasteiger partial charge in [-0.1, -0.05) is 19.3 Å². The van der Waals surface area contributed by atoms with Gasteiger partial charge in [0.05, 0.1) is 6.04 Å². The Morgan fingerprint density at radius 3 is 2.52 bits per heavy atom. The molecule has 1 heterocycles. The van der Waals surface area contributed by atoms with E-state index in [1.54, 1.807) is 4.90 Å². The number of likely N-dealkylation sites (tertiary alicyclic amines) is 1. The van der Waals surface area contributed by atoms with Gasteiger partial charge in [0.1, 0.15) is 0 Å². The Bertz CT molecular complexity index is 394. The molecule has 1 atom stereocenters. The van der Waals surface area contributed by atoms with Gasteiger partial charge in [-0.05, 0) is 38.6 Å². The van der Waals surface area contributed by atoms with Crippen LogP contribution in [-0.4, -0.2) is 67.6 Å². The first-order valence-electron chi connectivity index (χ1n) is 9.07. The molecule has 1 saturated heterocycles. The number of nitrogens with zero attached hydrogens (tertiary/aromatic N) is 2. The maximum Gasteiger partial charge on any atom is 0.315 e. The topological polar surface area (TPSA) is 64.7 Å². The molecular weight excluding hydrogens is 292 g/mol. The molecule has 1 aliphatic carbocycles. The van der Waals surface area contributed by atoms with Crippen LogP contribution in [0.5, 0.6) is 0 Å². The number of nitrogens with one attached hydrogen (secondary N) is 2. The lowest BCUT2D eigenvalue weighted by Crippen LogP contribution is -2.45. The fourth-order valence-corrected chi connectivity index (χ4v) is 3.64. The van der Waals surface area contributed by atoms with Crippen molar-refractivity contribution < 1.29 is 9.59 Å². The highest BCUT2D eigenvalue weighted by Gasteiger charge is 2.31. The molecule has 0 aromatic rings. The van der Waals surface area contributed by atoms with Gasteiger partial charge < -0.3 is 15.5 Å². The first kappa shape index (κ1) is 18.0. The average molecular weight is 324 g/mol. The second-order valence-electron chi connectivity index (χ2n) is 7.02. The summed E-state index contributed by atoms with van der Waals surface area (Å²) in [5.74, 6) is 0.200. The van der Waals surface area contributed by atoms with Gasteiger partial charge in [-0.25, -0.2) is 4.79 Å². The van der Waals surface area contributed by atoms with E-state index in [1.807, 2.05) is 14.1 Å². The van der Waals surface area contributed by atoms with Crippen molar-refractivity contribution in [2.45, 2.75) is 63.5 Å². The monoisotopic (exact) mass is 324 g/mol. The molecule has 0 radical (unpaired) electrons. The summed E-state index contributed by atoms with van der Waals surface area (Å²) in [5.41, 5.74) is 0. The molecule has 6 nitrogen and oxygen atoms in total. The predicted octanol–water partition coefficient (Wildman–Crippen LogP) is 1.56. The largest absolute Gasteiger partial charge is 0.347 e. The highest BCUT2D eigenvalue weighted by atomic mass is 16.2. The lowest BCUT2D eigenvalue weighted by atomic mass is 9.96.